The predicted molar refractivity (Wildman–Crippen MR) is 81.5 cm³/mol. The number of amides is 4. The number of hydrogen-bond acceptors (Lipinski definition) is 3. The lowest BCUT2D eigenvalue weighted by molar-refractivity contribution is -0.127. The van der Waals surface area contributed by atoms with E-state index in [1.165, 1.54) is 33.4 Å². The van der Waals surface area contributed by atoms with Gasteiger partial charge in [-0.3, -0.25) is 9.59 Å². The largest absolute Gasteiger partial charge is 0.349 e. The normalized spacial score (nSPS) is 8.10. The number of hydrogen-bond donors (Lipinski definition) is 0. The van der Waals surface area contributed by atoms with Crippen molar-refractivity contribution in [2.45, 2.75) is 13.8 Å². The summed E-state index contributed by atoms with van der Waals surface area (Å²) >= 11 is 0. The van der Waals surface area contributed by atoms with Gasteiger partial charge >= 0.3 is 6.03 Å². The number of carbonyl (C=O) groups is 3. The molecule has 7 heteroatoms. The highest BCUT2D eigenvalue weighted by Crippen LogP contribution is 1.83. The Labute approximate surface area is 123 Å². The SMILES string of the molecule is CC(=O)N(C)C.CC(=O)N(C)C.CN(C)C(=O)N(C)C. The molecule has 0 aliphatic heterocycles. The van der Waals surface area contributed by atoms with E-state index in [2.05, 4.69) is 0 Å². The molecule has 20 heavy (non-hydrogen) atoms. The van der Waals surface area contributed by atoms with E-state index in [0.717, 1.165) is 0 Å². The van der Waals surface area contributed by atoms with Crippen molar-refractivity contribution in [3.63, 3.8) is 0 Å². The third kappa shape index (κ3) is 18.6. The first kappa shape index (κ1) is 23.3. The minimum Gasteiger partial charge on any atom is -0.349 e. The average Bonchev–Trinajstić information content (AvgIpc) is 2.28. The van der Waals surface area contributed by atoms with Crippen LogP contribution in [0.4, 0.5) is 4.79 Å². The second kappa shape index (κ2) is 12.3. The molecule has 0 aliphatic carbocycles. The highest BCUT2D eigenvalue weighted by molar-refractivity contribution is 5.73. The Bertz CT molecular complexity index is 272. The first-order valence-electron chi connectivity index (χ1n) is 6.08. The Morgan fingerprint density at radius 3 is 0.650 bits per heavy atom. The molecule has 0 radical (unpaired) electrons. The quantitative estimate of drug-likeness (QED) is 0.649. The van der Waals surface area contributed by atoms with Crippen LogP contribution in [0.3, 0.4) is 0 Å². The fraction of sp³-hybridized carbons (Fsp3) is 0.769. The smallest absolute Gasteiger partial charge is 0.318 e. The van der Waals surface area contributed by atoms with Crippen molar-refractivity contribution in [2.24, 2.45) is 0 Å². The van der Waals surface area contributed by atoms with E-state index in [1.807, 2.05) is 0 Å². The molecule has 0 atom stereocenters. The van der Waals surface area contributed by atoms with Crippen molar-refractivity contribution in [3.8, 4) is 0 Å². The van der Waals surface area contributed by atoms with Gasteiger partial charge in [0.25, 0.3) is 0 Å². The Morgan fingerprint density at radius 2 is 0.650 bits per heavy atom. The maximum absolute atomic E-state index is 10.7. The molecule has 0 bridgehead atoms. The van der Waals surface area contributed by atoms with Crippen LogP contribution in [0.2, 0.25) is 0 Å². The number of rotatable bonds is 0. The Morgan fingerprint density at radius 1 is 0.500 bits per heavy atom. The number of urea groups is 1. The van der Waals surface area contributed by atoms with Crippen molar-refractivity contribution in [2.75, 3.05) is 56.4 Å². The fourth-order valence-electron chi connectivity index (χ4n) is 0.400. The van der Waals surface area contributed by atoms with E-state index in [-0.39, 0.29) is 17.8 Å². The van der Waals surface area contributed by atoms with Crippen molar-refractivity contribution >= 4 is 17.8 Å². The zero-order chi connectivity index (χ0) is 17.0. The molecule has 0 saturated heterocycles. The fourth-order valence-corrected chi connectivity index (χ4v) is 0.400. The van der Waals surface area contributed by atoms with E-state index < -0.39 is 0 Å². The summed E-state index contributed by atoms with van der Waals surface area (Å²) in [5.41, 5.74) is 0. The van der Waals surface area contributed by atoms with Crippen molar-refractivity contribution in [3.05, 3.63) is 0 Å². The summed E-state index contributed by atoms with van der Waals surface area (Å²) in [4.78, 5) is 36.9. The van der Waals surface area contributed by atoms with Crippen LogP contribution in [0.25, 0.3) is 0 Å². The van der Waals surface area contributed by atoms with Gasteiger partial charge in [0.1, 0.15) is 0 Å². The van der Waals surface area contributed by atoms with Gasteiger partial charge in [-0.05, 0) is 0 Å². The molecule has 120 valence electrons. The summed E-state index contributed by atoms with van der Waals surface area (Å²) in [7, 11) is 13.8. The van der Waals surface area contributed by atoms with Crippen LogP contribution < -0.4 is 0 Å². The van der Waals surface area contributed by atoms with Gasteiger partial charge in [-0.25, -0.2) is 4.79 Å². The minimum absolute atomic E-state index is 0.0185. The Hall–Kier alpha value is -1.79. The monoisotopic (exact) mass is 290 g/mol. The molecular weight excluding hydrogens is 260 g/mol. The summed E-state index contributed by atoms with van der Waals surface area (Å²) in [6, 6.07) is 0.0185. The topological polar surface area (TPSA) is 64.2 Å². The summed E-state index contributed by atoms with van der Waals surface area (Å²) in [6.07, 6.45) is 0. The van der Waals surface area contributed by atoms with Gasteiger partial charge in [0, 0.05) is 70.2 Å². The van der Waals surface area contributed by atoms with Gasteiger partial charge in [0.15, 0.2) is 0 Å². The zero-order valence-electron chi connectivity index (χ0n) is 14.5. The lowest BCUT2D eigenvalue weighted by atomic mass is 10.7. The first-order chi connectivity index (χ1) is 8.84. The lowest BCUT2D eigenvalue weighted by Gasteiger charge is -2.16. The first-order valence-corrected chi connectivity index (χ1v) is 6.08. The van der Waals surface area contributed by atoms with Gasteiger partial charge in [0.05, 0.1) is 0 Å². The van der Waals surface area contributed by atoms with Crippen LogP contribution in [-0.2, 0) is 9.59 Å². The molecule has 0 unspecified atom stereocenters. The zero-order valence-corrected chi connectivity index (χ0v) is 14.5. The number of carbonyl (C=O) groups excluding carboxylic acids is 3. The molecule has 0 saturated carbocycles. The molecule has 0 aliphatic rings. The maximum Gasteiger partial charge on any atom is 0.318 e. The average molecular weight is 290 g/mol. The van der Waals surface area contributed by atoms with E-state index in [4.69, 9.17) is 0 Å². The van der Waals surface area contributed by atoms with Crippen molar-refractivity contribution in [1.29, 1.82) is 0 Å². The third-order valence-electron chi connectivity index (χ3n) is 2.02. The molecule has 0 aromatic heterocycles. The molecule has 7 nitrogen and oxygen atoms in total. The highest BCUT2D eigenvalue weighted by atomic mass is 16.2. The second-order valence-corrected chi connectivity index (χ2v) is 4.90. The maximum atomic E-state index is 10.7. The lowest BCUT2D eigenvalue weighted by Crippen LogP contribution is -2.33. The molecule has 0 aromatic carbocycles. The molecule has 0 spiro atoms. The van der Waals surface area contributed by atoms with Gasteiger partial charge in [-0.1, -0.05) is 0 Å². The van der Waals surface area contributed by atoms with Crippen LogP contribution in [0.5, 0.6) is 0 Å². The van der Waals surface area contributed by atoms with Gasteiger partial charge in [-0.2, -0.15) is 0 Å². The van der Waals surface area contributed by atoms with Gasteiger partial charge < -0.3 is 19.6 Å². The van der Waals surface area contributed by atoms with Crippen LogP contribution >= 0.6 is 0 Å². The molecule has 0 aromatic rings. The predicted octanol–water partition coefficient (Wildman–Crippen LogP) is 0.419. The van der Waals surface area contributed by atoms with Crippen molar-refractivity contribution in [1.82, 2.24) is 19.6 Å². The summed E-state index contributed by atoms with van der Waals surface area (Å²) in [5, 5.41) is 0. The summed E-state index contributed by atoms with van der Waals surface area (Å²) in [5.74, 6) is 0.185. The van der Waals surface area contributed by atoms with Crippen LogP contribution in [0, 0.1) is 0 Å². The van der Waals surface area contributed by atoms with E-state index in [1.54, 1.807) is 56.4 Å². The molecule has 0 N–H and O–H groups in total. The Balaban J connectivity index is -0.000000221. The van der Waals surface area contributed by atoms with Crippen LogP contribution in [-0.4, -0.2) is 93.8 Å². The molecule has 0 fully saturated rings. The number of nitrogens with zero attached hydrogens (tertiary/aromatic N) is 4. The summed E-state index contributed by atoms with van der Waals surface area (Å²) in [6.45, 7) is 3.06. The minimum atomic E-state index is 0.0185. The molecule has 0 heterocycles. The van der Waals surface area contributed by atoms with Crippen LogP contribution in [0.15, 0.2) is 0 Å². The third-order valence-corrected chi connectivity index (χ3v) is 2.02. The van der Waals surface area contributed by atoms with E-state index in [0.29, 0.717) is 0 Å². The highest BCUT2D eigenvalue weighted by Gasteiger charge is 2.02. The Kier molecular flexibility index (Phi) is 14.3. The standard InChI is InChI=1S/C5H12N2O.2C4H9NO/c1-6(2)5(8)7(3)4;2*1-4(6)5(2)3/h1-4H3;2*1-3H3. The molecule has 0 rings (SSSR count). The van der Waals surface area contributed by atoms with Gasteiger partial charge in [-0.15, -0.1) is 0 Å². The van der Waals surface area contributed by atoms with Crippen LogP contribution in [0.1, 0.15) is 13.8 Å². The van der Waals surface area contributed by atoms with E-state index in [9.17, 15) is 14.4 Å². The molecule has 4 amide bonds. The van der Waals surface area contributed by atoms with Gasteiger partial charge in [0.2, 0.25) is 11.8 Å². The second-order valence-electron chi connectivity index (χ2n) is 4.90. The molecular formula is C13H30N4O3. The van der Waals surface area contributed by atoms with E-state index >= 15 is 0 Å². The van der Waals surface area contributed by atoms with Crippen molar-refractivity contribution < 1.29 is 14.4 Å². The summed E-state index contributed by atoms with van der Waals surface area (Å²) < 4.78 is 0.